The third-order valence-electron chi connectivity index (χ3n) is 2.94. The van der Waals surface area contributed by atoms with E-state index in [1.54, 1.807) is 12.3 Å². The van der Waals surface area contributed by atoms with E-state index in [0.29, 0.717) is 5.69 Å². The molecule has 0 unspecified atom stereocenters. The summed E-state index contributed by atoms with van der Waals surface area (Å²) in [5.41, 5.74) is 1.56. The lowest BCUT2D eigenvalue weighted by atomic mass is 10.2. The molecule has 0 radical (unpaired) electrons. The van der Waals surface area contributed by atoms with Gasteiger partial charge in [-0.05, 0) is 13.0 Å². The van der Waals surface area contributed by atoms with Crippen LogP contribution in [0.4, 0.5) is 11.4 Å². The molecule has 0 aliphatic carbocycles. The molecule has 0 spiro atoms. The number of aryl methyl sites for hydroxylation is 1. The summed E-state index contributed by atoms with van der Waals surface area (Å²) in [4.78, 5) is 27.3. The minimum atomic E-state index is -0.508. The van der Waals surface area contributed by atoms with Gasteiger partial charge < -0.3 is 5.32 Å². The Hall–Kier alpha value is -2.74. The number of nitro benzene ring substituents is 1. The van der Waals surface area contributed by atoms with Crippen molar-refractivity contribution in [3.63, 3.8) is 0 Å². The van der Waals surface area contributed by atoms with E-state index in [-0.39, 0.29) is 11.4 Å². The minimum Gasteiger partial charge on any atom is -0.320 e. The van der Waals surface area contributed by atoms with Crippen LogP contribution in [0.5, 0.6) is 0 Å². The summed E-state index contributed by atoms with van der Waals surface area (Å²) in [6.07, 6.45) is 1.65. The first-order valence-corrected chi connectivity index (χ1v) is 6.91. The third kappa shape index (κ3) is 2.48. The number of hydrogen-bond acceptors (Lipinski definition) is 5. The maximum absolute atomic E-state index is 12.1. The van der Waals surface area contributed by atoms with Crippen LogP contribution in [0.2, 0.25) is 0 Å². The topological polar surface area (TPSA) is 89.5 Å². The number of amides is 1. The van der Waals surface area contributed by atoms with Gasteiger partial charge in [-0.25, -0.2) is 4.98 Å². The second kappa shape index (κ2) is 4.98. The van der Waals surface area contributed by atoms with Crippen molar-refractivity contribution >= 4 is 33.6 Å². The molecular weight excluding hydrogens is 292 g/mol. The van der Waals surface area contributed by atoms with Crippen LogP contribution in [0.3, 0.4) is 0 Å². The summed E-state index contributed by atoms with van der Waals surface area (Å²) in [6.45, 7) is 1.92. The molecule has 3 rings (SSSR count). The quantitative estimate of drug-likeness (QED) is 0.595. The number of aromatic nitrogens is 2. The average Bonchev–Trinajstić information content (AvgIpc) is 3.02. The highest BCUT2D eigenvalue weighted by molar-refractivity contribution is 7.15. The molecule has 21 heavy (non-hydrogen) atoms. The van der Waals surface area contributed by atoms with E-state index in [2.05, 4.69) is 10.3 Å². The zero-order valence-electron chi connectivity index (χ0n) is 10.9. The molecule has 3 aromatic rings. The van der Waals surface area contributed by atoms with Crippen LogP contribution >= 0.6 is 11.3 Å². The molecular formula is C13H10N4O3S. The van der Waals surface area contributed by atoms with E-state index in [1.807, 2.05) is 16.7 Å². The minimum absolute atomic E-state index is 0.0746. The highest BCUT2D eigenvalue weighted by Crippen LogP contribution is 2.19. The lowest BCUT2D eigenvalue weighted by molar-refractivity contribution is -0.384. The fourth-order valence-corrected chi connectivity index (χ4v) is 2.75. The number of non-ortho nitro benzene ring substituents is 1. The number of nitrogens with one attached hydrogen (secondary N) is 1. The molecule has 7 nitrogen and oxygen atoms in total. The first-order valence-electron chi connectivity index (χ1n) is 6.03. The van der Waals surface area contributed by atoms with Gasteiger partial charge in [0.15, 0.2) is 4.96 Å². The van der Waals surface area contributed by atoms with Gasteiger partial charge in [0.25, 0.3) is 11.6 Å². The van der Waals surface area contributed by atoms with Gasteiger partial charge in [0.2, 0.25) is 0 Å². The first kappa shape index (κ1) is 13.3. The number of carbonyl (C=O) groups is 1. The fourth-order valence-electron chi connectivity index (χ4n) is 1.90. The van der Waals surface area contributed by atoms with Crippen molar-refractivity contribution in [2.45, 2.75) is 6.92 Å². The maximum Gasteiger partial charge on any atom is 0.275 e. The van der Waals surface area contributed by atoms with E-state index in [0.717, 1.165) is 10.7 Å². The zero-order valence-corrected chi connectivity index (χ0v) is 11.8. The van der Waals surface area contributed by atoms with Crippen LogP contribution in [0, 0.1) is 17.0 Å². The molecule has 0 saturated carbocycles. The largest absolute Gasteiger partial charge is 0.320 e. The molecule has 0 aliphatic rings. The van der Waals surface area contributed by atoms with Gasteiger partial charge in [-0.3, -0.25) is 19.3 Å². The molecule has 106 valence electrons. The number of nitrogens with zero attached hydrogens (tertiary/aromatic N) is 3. The van der Waals surface area contributed by atoms with Crippen molar-refractivity contribution in [1.29, 1.82) is 0 Å². The average molecular weight is 302 g/mol. The maximum atomic E-state index is 12.1. The molecule has 2 aromatic heterocycles. The molecule has 2 heterocycles. The highest BCUT2D eigenvalue weighted by atomic mass is 32.1. The second-order valence-electron chi connectivity index (χ2n) is 4.42. The Kier molecular flexibility index (Phi) is 3.15. The van der Waals surface area contributed by atoms with Gasteiger partial charge in [0, 0.05) is 35.1 Å². The van der Waals surface area contributed by atoms with Crippen molar-refractivity contribution in [1.82, 2.24) is 9.38 Å². The lowest BCUT2D eigenvalue weighted by Gasteiger charge is -2.02. The molecule has 0 atom stereocenters. The van der Waals surface area contributed by atoms with Crippen molar-refractivity contribution in [3.8, 4) is 0 Å². The molecule has 0 aliphatic heterocycles. The summed E-state index contributed by atoms with van der Waals surface area (Å²) in [5.74, 6) is -0.397. The SMILES string of the molecule is Cc1csc2nc(C(=O)Nc3cccc([N+](=O)[O-])c3)cn12. The number of nitro groups is 1. The Bertz CT molecular complexity index is 852. The molecule has 1 aromatic carbocycles. The van der Waals surface area contributed by atoms with Crippen molar-refractivity contribution in [2.75, 3.05) is 5.32 Å². The molecule has 1 N–H and O–H groups in total. The van der Waals surface area contributed by atoms with E-state index >= 15 is 0 Å². The normalized spacial score (nSPS) is 10.7. The molecule has 0 bridgehead atoms. The van der Waals surface area contributed by atoms with E-state index in [1.165, 1.54) is 29.5 Å². The predicted molar refractivity (Wildman–Crippen MR) is 78.9 cm³/mol. The van der Waals surface area contributed by atoms with E-state index < -0.39 is 10.8 Å². The van der Waals surface area contributed by atoms with Crippen LogP contribution < -0.4 is 5.32 Å². The molecule has 1 amide bonds. The molecule has 0 fully saturated rings. The number of benzene rings is 1. The summed E-state index contributed by atoms with van der Waals surface area (Å²) in [5, 5.41) is 15.3. The van der Waals surface area contributed by atoms with Crippen LogP contribution in [-0.4, -0.2) is 20.2 Å². The Balaban J connectivity index is 1.85. The van der Waals surface area contributed by atoms with Crippen molar-refractivity contribution in [2.24, 2.45) is 0 Å². The second-order valence-corrected chi connectivity index (χ2v) is 5.25. The summed E-state index contributed by atoms with van der Waals surface area (Å²) in [7, 11) is 0. The Morgan fingerprint density at radius 1 is 1.48 bits per heavy atom. The van der Waals surface area contributed by atoms with Gasteiger partial charge >= 0.3 is 0 Å². The highest BCUT2D eigenvalue weighted by Gasteiger charge is 2.14. The van der Waals surface area contributed by atoms with Gasteiger partial charge in [0.05, 0.1) is 4.92 Å². The monoisotopic (exact) mass is 302 g/mol. The number of hydrogen-bond donors (Lipinski definition) is 1. The number of carbonyl (C=O) groups excluding carboxylic acids is 1. The zero-order chi connectivity index (χ0) is 15.0. The Morgan fingerprint density at radius 2 is 2.29 bits per heavy atom. The molecule has 0 saturated heterocycles. The van der Waals surface area contributed by atoms with Gasteiger partial charge in [-0.15, -0.1) is 11.3 Å². The van der Waals surface area contributed by atoms with Crippen LogP contribution in [0.1, 0.15) is 16.2 Å². The number of fused-ring (bicyclic) bond motifs is 1. The van der Waals surface area contributed by atoms with Crippen molar-refractivity contribution in [3.05, 3.63) is 57.3 Å². The number of anilines is 1. The van der Waals surface area contributed by atoms with Gasteiger partial charge in [-0.1, -0.05) is 6.07 Å². The fraction of sp³-hybridized carbons (Fsp3) is 0.0769. The third-order valence-corrected chi connectivity index (χ3v) is 3.89. The molecule has 8 heteroatoms. The summed E-state index contributed by atoms with van der Waals surface area (Å²) < 4.78 is 1.83. The number of thiazole rings is 1. The number of imidazole rings is 1. The van der Waals surface area contributed by atoms with Gasteiger partial charge in [-0.2, -0.15) is 0 Å². The Labute approximate surface area is 123 Å². The van der Waals surface area contributed by atoms with Gasteiger partial charge in [0.1, 0.15) is 5.69 Å². The van der Waals surface area contributed by atoms with Crippen LogP contribution in [0.15, 0.2) is 35.8 Å². The summed E-state index contributed by atoms with van der Waals surface area (Å²) in [6, 6.07) is 5.78. The van der Waals surface area contributed by atoms with Crippen LogP contribution in [-0.2, 0) is 0 Å². The first-order chi connectivity index (χ1) is 10.0. The smallest absolute Gasteiger partial charge is 0.275 e. The standard InChI is InChI=1S/C13H10N4O3S/c1-8-7-21-13-15-11(6-16(8)13)12(18)14-9-3-2-4-10(5-9)17(19)20/h2-7H,1H3,(H,14,18). The van der Waals surface area contributed by atoms with Crippen molar-refractivity contribution < 1.29 is 9.72 Å². The number of rotatable bonds is 3. The van der Waals surface area contributed by atoms with Crippen LogP contribution in [0.25, 0.3) is 4.96 Å². The lowest BCUT2D eigenvalue weighted by Crippen LogP contribution is -2.12. The van der Waals surface area contributed by atoms with E-state index in [9.17, 15) is 14.9 Å². The summed E-state index contributed by atoms with van der Waals surface area (Å²) >= 11 is 1.45. The Morgan fingerprint density at radius 3 is 3.00 bits per heavy atom. The van der Waals surface area contributed by atoms with E-state index in [4.69, 9.17) is 0 Å². The predicted octanol–water partition coefficient (Wildman–Crippen LogP) is 2.86.